The van der Waals surface area contributed by atoms with E-state index in [9.17, 15) is 5.11 Å². The van der Waals surface area contributed by atoms with Crippen LogP contribution in [0.25, 0.3) is 0 Å². The first-order valence-corrected chi connectivity index (χ1v) is 7.62. The SMILES string of the molecule is COc1cccc(CC2(O)CCCN(C(C)C)CC2)c1. The van der Waals surface area contributed by atoms with Crippen molar-refractivity contribution in [3.05, 3.63) is 29.8 Å². The van der Waals surface area contributed by atoms with Gasteiger partial charge in [0.25, 0.3) is 0 Å². The predicted molar refractivity (Wildman–Crippen MR) is 82.2 cm³/mol. The maximum atomic E-state index is 10.9. The van der Waals surface area contributed by atoms with Crippen molar-refractivity contribution in [1.82, 2.24) is 4.90 Å². The Kier molecular flexibility index (Phi) is 5.06. The van der Waals surface area contributed by atoms with Crippen molar-refractivity contribution in [2.45, 2.75) is 51.2 Å². The van der Waals surface area contributed by atoms with E-state index in [1.807, 2.05) is 18.2 Å². The molecule has 0 radical (unpaired) electrons. The van der Waals surface area contributed by atoms with E-state index in [4.69, 9.17) is 4.74 Å². The van der Waals surface area contributed by atoms with Crippen molar-refractivity contribution in [3.8, 4) is 5.75 Å². The molecule has 1 atom stereocenters. The van der Waals surface area contributed by atoms with Crippen LogP contribution in [0.1, 0.15) is 38.7 Å². The van der Waals surface area contributed by atoms with Gasteiger partial charge >= 0.3 is 0 Å². The molecular weight excluding hydrogens is 250 g/mol. The molecule has 1 aromatic rings. The minimum absolute atomic E-state index is 0.564. The van der Waals surface area contributed by atoms with E-state index in [1.165, 1.54) is 0 Å². The molecule has 0 bridgehead atoms. The summed E-state index contributed by atoms with van der Waals surface area (Å²) in [5.74, 6) is 0.864. The normalized spacial score (nSPS) is 24.6. The lowest BCUT2D eigenvalue weighted by Crippen LogP contribution is -2.35. The first kappa shape index (κ1) is 15.3. The molecule has 3 nitrogen and oxygen atoms in total. The fourth-order valence-corrected chi connectivity index (χ4v) is 3.06. The summed E-state index contributed by atoms with van der Waals surface area (Å²) < 4.78 is 5.26. The fraction of sp³-hybridized carbons (Fsp3) is 0.647. The Bertz CT molecular complexity index is 433. The molecule has 1 saturated heterocycles. The molecule has 0 spiro atoms. The molecule has 1 aliphatic heterocycles. The second kappa shape index (κ2) is 6.59. The molecule has 1 fully saturated rings. The van der Waals surface area contributed by atoms with Crippen molar-refractivity contribution in [1.29, 1.82) is 0 Å². The van der Waals surface area contributed by atoms with Crippen LogP contribution in [-0.4, -0.2) is 41.8 Å². The van der Waals surface area contributed by atoms with Crippen molar-refractivity contribution >= 4 is 0 Å². The van der Waals surface area contributed by atoms with Crippen molar-refractivity contribution in [3.63, 3.8) is 0 Å². The highest BCUT2D eigenvalue weighted by molar-refractivity contribution is 5.29. The van der Waals surface area contributed by atoms with Crippen LogP contribution in [0.3, 0.4) is 0 Å². The summed E-state index contributed by atoms with van der Waals surface area (Å²) in [5, 5.41) is 10.9. The third-order valence-corrected chi connectivity index (χ3v) is 4.35. The number of likely N-dealkylation sites (tertiary alicyclic amines) is 1. The molecule has 112 valence electrons. The number of rotatable bonds is 4. The van der Waals surface area contributed by atoms with Gasteiger partial charge in [0.1, 0.15) is 5.75 Å². The Balaban J connectivity index is 2.03. The van der Waals surface area contributed by atoms with Gasteiger partial charge in [0, 0.05) is 19.0 Å². The number of methoxy groups -OCH3 is 1. The lowest BCUT2D eigenvalue weighted by Gasteiger charge is -2.28. The maximum absolute atomic E-state index is 10.9. The average Bonchev–Trinajstić information content (AvgIpc) is 2.61. The molecule has 1 aromatic carbocycles. The van der Waals surface area contributed by atoms with E-state index < -0.39 is 5.60 Å². The van der Waals surface area contributed by atoms with Gasteiger partial charge < -0.3 is 14.7 Å². The van der Waals surface area contributed by atoms with Gasteiger partial charge in [0.2, 0.25) is 0 Å². The number of hydrogen-bond acceptors (Lipinski definition) is 3. The van der Waals surface area contributed by atoms with Crippen LogP contribution in [0, 0.1) is 0 Å². The van der Waals surface area contributed by atoms with E-state index >= 15 is 0 Å². The molecule has 0 amide bonds. The van der Waals surface area contributed by atoms with Crippen LogP contribution in [0.4, 0.5) is 0 Å². The second-order valence-corrected chi connectivity index (χ2v) is 6.24. The fourth-order valence-electron chi connectivity index (χ4n) is 3.06. The highest BCUT2D eigenvalue weighted by atomic mass is 16.5. The third kappa shape index (κ3) is 3.97. The maximum Gasteiger partial charge on any atom is 0.119 e. The Morgan fingerprint density at radius 2 is 2.10 bits per heavy atom. The number of hydrogen-bond donors (Lipinski definition) is 1. The Hall–Kier alpha value is -1.06. The second-order valence-electron chi connectivity index (χ2n) is 6.24. The van der Waals surface area contributed by atoms with E-state index in [-0.39, 0.29) is 0 Å². The van der Waals surface area contributed by atoms with Gasteiger partial charge in [0.05, 0.1) is 12.7 Å². The minimum Gasteiger partial charge on any atom is -0.497 e. The lowest BCUT2D eigenvalue weighted by molar-refractivity contribution is 0.0248. The highest BCUT2D eigenvalue weighted by Crippen LogP contribution is 2.28. The molecule has 0 saturated carbocycles. The standard InChI is InChI=1S/C17H27NO2/c1-14(2)18-10-5-8-17(19,9-11-18)13-15-6-4-7-16(12-15)20-3/h4,6-7,12,14,19H,5,8-11,13H2,1-3H3. The van der Waals surface area contributed by atoms with Crippen LogP contribution < -0.4 is 4.74 Å². The topological polar surface area (TPSA) is 32.7 Å². The van der Waals surface area contributed by atoms with Gasteiger partial charge in [-0.3, -0.25) is 0 Å². The van der Waals surface area contributed by atoms with Gasteiger partial charge in [-0.15, -0.1) is 0 Å². The molecule has 1 N–H and O–H groups in total. The van der Waals surface area contributed by atoms with Crippen LogP contribution in [0.5, 0.6) is 5.75 Å². The van der Waals surface area contributed by atoms with E-state index in [1.54, 1.807) is 7.11 Å². The van der Waals surface area contributed by atoms with Crippen LogP contribution in [0.2, 0.25) is 0 Å². The molecule has 0 aliphatic carbocycles. The zero-order valence-corrected chi connectivity index (χ0v) is 12.9. The van der Waals surface area contributed by atoms with Crippen LogP contribution in [0.15, 0.2) is 24.3 Å². The number of ether oxygens (including phenoxy) is 1. The minimum atomic E-state index is -0.573. The van der Waals surface area contributed by atoms with Gasteiger partial charge in [-0.25, -0.2) is 0 Å². The summed E-state index contributed by atoms with van der Waals surface area (Å²) in [4.78, 5) is 2.46. The van der Waals surface area contributed by atoms with Gasteiger partial charge in [0.15, 0.2) is 0 Å². The molecule has 3 heteroatoms. The summed E-state index contributed by atoms with van der Waals surface area (Å²) in [5.41, 5.74) is 0.584. The average molecular weight is 277 g/mol. The third-order valence-electron chi connectivity index (χ3n) is 4.35. The Morgan fingerprint density at radius 3 is 2.80 bits per heavy atom. The molecule has 1 heterocycles. The number of nitrogens with zero attached hydrogens (tertiary/aromatic N) is 1. The van der Waals surface area contributed by atoms with Crippen molar-refractivity contribution in [2.24, 2.45) is 0 Å². The predicted octanol–water partition coefficient (Wildman–Crippen LogP) is 2.86. The first-order chi connectivity index (χ1) is 9.52. The molecule has 1 unspecified atom stereocenters. The van der Waals surface area contributed by atoms with Crippen LogP contribution >= 0.6 is 0 Å². The summed E-state index contributed by atoms with van der Waals surface area (Å²) in [7, 11) is 1.68. The first-order valence-electron chi connectivity index (χ1n) is 7.62. The Labute approximate surface area is 122 Å². The van der Waals surface area contributed by atoms with Crippen molar-refractivity contribution < 1.29 is 9.84 Å². The summed E-state index contributed by atoms with van der Waals surface area (Å²) in [6.45, 7) is 6.54. The Morgan fingerprint density at radius 1 is 1.30 bits per heavy atom. The highest BCUT2D eigenvalue weighted by Gasteiger charge is 2.30. The van der Waals surface area contributed by atoms with Gasteiger partial charge in [-0.1, -0.05) is 12.1 Å². The van der Waals surface area contributed by atoms with E-state index in [0.29, 0.717) is 6.04 Å². The quantitative estimate of drug-likeness (QED) is 0.918. The molecule has 0 aromatic heterocycles. The number of benzene rings is 1. The van der Waals surface area contributed by atoms with Gasteiger partial charge in [-0.05, 0) is 57.4 Å². The van der Waals surface area contributed by atoms with Crippen LogP contribution in [-0.2, 0) is 6.42 Å². The van der Waals surface area contributed by atoms with E-state index in [2.05, 4.69) is 24.8 Å². The molecule has 20 heavy (non-hydrogen) atoms. The van der Waals surface area contributed by atoms with E-state index in [0.717, 1.165) is 50.1 Å². The number of aliphatic hydroxyl groups is 1. The lowest BCUT2D eigenvalue weighted by atomic mass is 9.88. The monoisotopic (exact) mass is 277 g/mol. The summed E-state index contributed by atoms with van der Waals surface area (Å²) in [6.07, 6.45) is 3.52. The summed E-state index contributed by atoms with van der Waals surface area (Å²) >= 11 is 0. The molecule has 1 aliphatic rings. The summed E-state index contributed by atoms with van der Waals surface area (Å²) in [6, 6.07) is 8.61. The largest absolute Gasteiger partial charge is 0.497 e. The zero-order chi connectivity index (χ0) is 14.6. The molecule has 2 rings (SSSR count). The zero-order valence-electron chi connectivity index (χ0n) is 12.9. The molecular formula is C17H27NO2. The smallest absolute Gasteiger partial charge is 0.119 e. The van der Waals surface area contributed by atoms with Gasteiger partial charge in [-0.2, -0.15) is 0 Å². The van der Waals surface area contributed by atoms with Crippen molar-refractivity contribution in [2.75, 3.05) is 20.2 Å².